The molecule has 4 heteroatoms. The van der Waals surface area contributed by atoms with E-state index in [4.69, 9.17) is 14.2 Å². The topological polar surface area (TPSA) is 39.7 Å². The van der Waals surface area contributed by atoms with Gasteiger partial charge in [-0.1, -0.05) is 25.1 Å². The zero-order chi connectivity index (χ0) is 14.9. The summed E-state index contributed by atoms with van der Waals surface area (Å²) in [7, 11) is 0. The maximum Gasteiger partial charge on any atom is 0.124 e. The minimum atomic E-state index is 0.167. The Bertz CT molecular complexity index is 405. The molecular weight excluding hydrogens is 266 g/mol. The molecule has 0 spiro atoms. The Balaban J connectivity index is 1.93. The van der Waals surface area contributed by atoms with Gasteiger partial charge in [-0.25, -0.2) is 0 Å². The van der Waals surface area contributed by atoms with Crippen LogP contribution in [0.1, 0.15) is 31.9 Å². The molecule has 1 aromatic rings. The third-order valence-electron chi connectivity index (χ3n) is 3.71. The Kier molecular flexibility index (Phi) is 7.00. The van der Waals surface area contributed by atoms with Crippen LogP contribution in [0.15, 0.2) is 24.3 Å². The predicted molar refractivity (Wildman–Crippen MR) is 83.8 cm³/mol. The monoisotopic (exact) mass is 293 g/mol. The maximum atomic E-state index is 5.92. The predicted octanol–water partition coefficient (Wildman–Crippen LogP) is 2.79. The first-order valence-corrected chi connectivity index (χ1v) is 7.95. The minimum absolute atomic E-state index is 0.167. The highest BCUT2D eigenvalue weighted by molar-refractivity contribution is 5.36. The lowest BCUT2D eigenvalue weighted by Crippen LogP contribution is -2.27. The molecule has 1 N–H and O–H groups in total. The standard InChI is InChI=1S/C17H27NO3/c1-3-18-16(13-20-12-14-9-10-19-11-14)15-7-5-6-8-17(15)21-4-2/h5-8,14,16,18H,3-4,9-13H2,1-2H3. The smallest absolute Gasteiger partial charge is 0.124 e. The maximum absolute atomic E-state index is 5.92. The van der Waals surface area contributed by atoms with Gasteiger partial charge >= 0.3 is 0 Å². The normalized spacial score (nSPS) is 19.6. The lowest BCUT2D eigenvalue weighted by Gasteiger charge is -2.22. The van der Waals surface area contributed by atoms with Crippen molar-refractivity contribution < 1.29 is 14.2 Å². The summed E-state index contributed by atoms with van der Waals surface area (Å²) in [5.41, 5.74) is 1.17. The van der Waals surface area contributed by atoms with E-state index in [1.165, 1.54) is 5.56 Å². The summed E-state index contributed by atoms with van der Waals surface area (Å²) >= 11 is 0. The number of para-hydroxylation sites is 1. The summed E-state index contributed by atoms with van der Waals surface area (Å²) in [5, 5.41) is 3.49. The number of ether oxygens (including phenoxy) is 3. The molecule has 0 amide bonds. The summed E-state index contributed by atoms with van der Waals surface area (Å²) in [4.78, 5) is 0. The molecule has 21 heavy (non-hydrogen) atoms. The van der Waals surface area contributed by atoms with E-state index in [0.717, 1.165) is 38.5 Å². The SMILES string of the molecule is CCNC(COCC1CCOC1)c1ccccc1OCC. The van der Waals surface area contributed by atoms with Gasteiger partial charge in [-0.05, 0) is 26.0 Å². The van der Waals surface area contributed by atoms with Crippen LogP contribution in [0.5, 0.6) is 5.75 Å². The fourth-order valence-corrected chi connectivity index (χ4v) is 2.63. The molecule has 1 fully saturated rings. The second kappa shape index (κ2) is 9.03. The molecule has 0 radical (unpaired) electrons. The molecule has 2 rings (SSSR count). The molecule has 1 saturated heterocycles. The van der Waals surface area contributed by atoms with Crippen LogP contribution in [0.2, 0.25) is 0 Å². The molecule has 2 atom stereocenters. The Hall–Kier alpha value is -1.10. The van der Waals surface area contributed by atoms with E-state index in [-0.39, 0.29) is 6.04 Å². The van der Waals surface area contributed by atoms with Gasteiger partial charge < -0.3 is 19.5 Å². The molecule has 2 unspecified atom stereocenters. The van der Waals surface area contributed by atoms with E-state index in [1.54, 1.807) is 0 Å². The van der Waals surface area contributed by atoms with Gasteiger partial charge in [0.25, 0.3) is 0 Å². The Morgan fingerprint density at radius 1 is 1.33 bits per heavy atom. The van der Waals surface area contributed by atoms with Crippen LogP contribution in [0, 0.1) is 5.92 Å². The van der Waals surface area contributed by atoms with Crippen LogP contribution in [0.4, 0.5) is 0 Å². The molecule has 0 aliphatic carbocycles. The van der Waals surface area contributed by atoms with Crippen LogP contribution in [-0.2, 0) is 9.47 Å². The molecule has 4 nitrogen and oxygen atoms in total. The van der Waals surface area contributed by atoms with Crippen LogP contribution in [-0.4, -0.2) is 39.6 Å². The van der Waals surface area contributed by atoms with Crippen molar-refractivity contribution in [3.63, 3.8) is 0 Å². The number of rotatable bonds is 9. The quantitative estimate of drug-likeness (QED) is 0.760. The van der Waals surface area contributed by atoms with Gasteiger partial charge in [-0.15, -0.1) is 0 Å². The Morgan fingerprint density at radius 3 is 2.90 bits per heavy atom. The second-order valence-corrected chi connectivity index (χ2v) is 5.35. The summed E-state index contributed by atoms with van der Waals surface area (Å²) < 4.78 is 17.0. The average Bonchev–Trinajstić information content (AvgIpc) is 3.01. The number of hydrogen-bond acceptors (Lipinski definition) is 4. The van der Waals surface area contributed by atoms with E-state index in [0.29, 0.717) is 19.1 Å². The van der Waals surface area contributed by atoms with Crippen molar-refractivity contribution in [2.45, 2.75) is 26.3 Å². The van der Waals surface area contributed by atoms with Crippen LogP contribution < -0.4 is 10.1 Å². The van der Waals surface area contributed by atoms with Crippen molar-refractivity contribution in [1.29, 1.82) is 0 Å². The Morgan fingerprint density at radius 2 is 2.19 bits per heavy atom. The highest BCUT2D eigenvalue weighted by Gasteiger charge is 2.19. The lowest BCUT2D eigenvalue weighted by molar-refractivity contribution is 0.0741. The second-order valence-electron chi connectivity index (χ2n) is 5.35. The molecule has 0 aromatic heterocycles. The van der Waals surface area contributed by atoms with Gasteiger partial charge in [0, 0.05) is 18.1 Å². The number of likely N-dealkylation sites (N-methyl/N-ethyl adjacent to an activating group) is 1. The van der Waals surface area contributed by atoms with Gasteiger partial charge in [0.05, 0.1) is 32.5 Å². The van der Waals surface area contributed by atoms with Gasteiger partial charge in [0.1, 0.15) is 5.75 Å². The van der Waals surface area contributed by atoms with Crippen molar-refractivity contribution in [2.24, 2.45) is 5.92 Å². The third-order valence-corrected chi connectivity index (χ3v) is 3.71. The highest BCUT2D eigenvalue weighted by atomic mass is 16.5. The largest absolute Gasteiger partial charge is 0.494 e. The summed E-state index contributed by atoms with van der Waals surface area (Å²) in [6.07, 6.45) is 1.11. The number of hydrogen-bond donors (Lipinski definition) is 1. The number of nitrogens with one attached hydrogen (secondary N) is 1. The van der Waals surface area contributed by atoms with Crippen molar-refractivity contribution in [1.82, 2.24) is 5.32 Å². The highest BCUT2D eigenvalue weighted by Crippen LogP contribution is 2.25. The zero-order valence-corrected chi connectivity index (χ0v) is 13.1. The molecular formula is C17H27NO3. The fraction of sp³-hybridized carbons (Fsp3) is 0.647. The van der Waals surface area contributed by atoms with Crippen LogP contribution in [0.25, 0.3) is 0 Å². The van der Waals surface area contributed by atoms with Gasteiger partial charge in [-0.3, -0.25) is 0 Å². The van der Waals surface area contributed by atoms with E-state index in [1.807, 2.05) is 25.1 Å². The first-order valence-electron chi connectivity index (χ1n) is 7.95. The molecule has 1 aliphatic rings. The third kappa shape index (κ3) is 4.99. The minimum Gasteiger partial charge on any atom is -0.494 e. The van der Waals surface area contributed by atoms with E-state index >= 15 is 0 Å². The summed E-state index contributed by atoms with van der Waals surface area (Å²) in [6.45, 7) is 8.85. The van der Waals surface area contributed by atoms with E-state index in [9.17, 15) is 0 Å². The van der Waals surface area contributed by atoms with Gasteiger partial charge in [0.15, 0.2) is 0 Å². The fourth-order valence-electron chi connectivity index (χ4n) is 2.63. The van der Waals surface area contributed by atoms with E-state index < -0.39 is 0 Å². The van der Waals surface area contributed by atoms with Crippen molar-refractivity contribution in [3.05, 3.63) is 29.8 Å². The van der Waals surface area contributed by atoms with E-state index in [2.05, 4.69) is 18.3 Å². The summed E-state index contributed by atoms with van der Waals surface area (Å²) in [6, 6.07) is 8.36. The Labute approximate surface area is 127 Å². The van der Waals surface area contributed by atoms with Crippen LogP contribution in [0.3, 0.4) is 0 Å². The van der Waals surface area contributed by atoms with Gasteiger partial charge in [0.2, 0.25) is 0 Å². The first-order chi connectivity index (χ1) is 10.3. The number of benzene rings is 1. The molecule has 118 valence electrons. The van der Waals surface area contributed by atoms with Crippen LogP contribution >= 0.6 is 0 Å². The lowest BCUT2D eigenvalue weighted by atomic mass is 10.1. The average molecular weight is 293 g/mol. The summed E-state index contributed by atoms with van der Waals surface area (Å²) in [5.74, 6) is 1.49. The van der Waals surface area contributed by atoms with Crippen molar-refractivity contribution in [3.8, 4) is 5.75 Å². The molecule has 1 heterocycles. The van der Waals surface area contributed by atoms with Crippen molar-refractivity contribution in [2.75, 3.05) is 39.6 Å². The zero-order valence-electron chi connectivity index (χ0n) is 13.1. The van der Waals surface area contributed by atoms with Crippen molar-refractivity contribution >= 4 is 0 Å². The van der Waals surface area contributed by atoms with Gasteiger partial charge in [-0.2, -0.15) is 0 Å². The first kappa shape index (κ1) is 16.3. The molecule has 0 bridgehead atoms. The molecule has 1 aliphatic heterocycles. The molecule has 1 aromatic carbocycles. The molecule has 0 saturated carbocycles.